The third kappa shape index (κ3) is 3.50. The minimum Gasteiger partial charge on any atom is -0.324 e. The molecule has 0 aliphatic heterocycles. The minimum atomic E-state index is -0.410. The molecule has 0 aromatic heterocycles. The van der Waals surface area contributed by atoms with E-state index in [0.717, 1.165) is 5.56 Å². The van der Waals surface area contributed by atoms with E-state index >= 15 is 0 Å². The summed E-state index contributed by atoms with van der Waals surface area (Å²) in [6.07, 6.45) is 0. The molecule has 3 nitrogen and oxygen atoms in total. The van der Waals surface area contributed by atoms with Gasteiger partial charge in [0.2, 0.25) is 5.91 Å². The summed E-state index contributed by atoms with van der Waals surface area (Å²) in [5.41, 5.74) is 1.66. The molecule has 0 saturated heterocycles. The van der Waals surface area contributed by atoms with Crippen molar-refractivity contribution >= 4 is 11.6 Å². The predicted octanol–water partition coefficient (Wildman–Crippen LogP) is 4.08. The first-order chi connectivity index (χ1) is 10.5. The molecule has 2 aromatic carbocycles. The summed E-state index contributed by atoms with van der Waals surface area (Å²) in [7, 11) is 0. The number of nitrogens with one attached hydrogen (secondary N) is 1. The molecule has 0 heterocycles. The van der Waals surface area contributed by atoms with E-state index in [9.17, 15) is 9.18 Å². The number of nitrogens with zero attached hydrogens (tertiary/aromatic N) is 1. The van der Waals surface area contributed by atoms with Crippen molar-refractivity contribution in [1.29, 1.82) is 5.26 Å². The van der Waals surface area contributed by atoms with Gasteiger partial charge in [-0.3, -0.25) is 4.79 Å². The molecule has 0 radical (unpaired) electrons. The van der Waals surface area contributed by atoms with Crippen molar-refractivity contribution in [2.75, 3.05) is 5.32 Å². The maximum Gasteiger partial charge on any atom is 0.232 e. The Balaban J connectivity index is 2.28. The van der Waals surface area contributed by atoms with E-state index < -0.39 is 5.92 Å². The molecule has 0 aliphatic rings. The van der Waals surface area contributed by atoms with Crippen LogP contribution in [0, 0.1) is 23.1 Å². The second-order valence-electron chi connectivity index (χ2n) is 5.42. The molecule has 2 rings (SSSR count). The molecule has 1 amide bonds. The molecular formula is C18H17FN2O. The van der Waals surface area contributed by atoms with Crippen LogP contribution in [0.25, 0.3) is 0 Å². The van der Waals surface area contributed by atoms with Crippen LogP contribution >= 0.6 is 0 Å². The lowest BCUT2D eigenvalue weighted by Gasteiger charge is -2.21. The monoisotopic (exact) mass is 296 g/mol. The van der Waals surface area contributed by atoms with Crippen LogP contribution in [0.4, 0.5) is 10.1 Å². The van der Waals surface area contributed by atoms with Crippen molar-refractivity contribution in [3.63, 3.8) is 0 Å². The van der Waals surface area contributed by atoms with Crippen LogP contribution in [0.3, 0.4) is 0 Å². The van der Waals surface area contributed by atoms with Gasteiger partial charge in [0.15, 0.2) is 0 Å². The molecule has 22 heavy (non-hydrogen) atoms. The van der Waals surface area contributed by atoms with Gasteiger partial charge >= 0.3 is 0 Å². The standard InChI is InChI=1S/C18H17FN2O/c1-12(2)17(13-7-9-15(19)10-8-13)18(22)21-16-6-4-3-5-14(16)11-20/h3-10,12,17H,1-2H3,(H,21,22). The number of rotatable bonds is 4. The van der Waals surface area contributed by atoms with Crippen LogP contribution in [0.2, 0.25) is 0 Å². The highest BCUT2D eigenvalue weighted by Crippen LogP contribution is 2.27. The molecule has 0 aliphatic carbocycles. The number of anilines is 1. The molecule has 2 aromatic rings. The zero-order valence-electron chi connectivity index (χ0n) is 12.5. The molecule has 0 spiro atoms. The van der Waals surface area contributed by atoms with Gasteiger partial charge in [-0.1, -0.05) is 38.1 Å². The Kier molecular flexibility index (Phi) is 4.90. The van der Waals surface area contributed by atoms with Gasteiger partial charge in [0.25, 0.3) is 0 Å². The smallest absolute Gasteiger partial charge is 0.232 e. The van der Waals surface area contributed by atoms with Gasteiger partial charge in [-0.05, 0) is 35.7 Å². The third-order valence-electron chi connectivity index (χ3n) is 3.48. The van der Waals surface area contributed by atoms with Gasteiger partial charge in [0.1, 0.15) is 11.9 Å². The lowest BCUT2D eigenvalue weighted by Crippen LogP contribution is -2.25. The van der Waals surface area contributed by atoms with Gasteiger partial charge in [-0.15, -0.1) is 0 Å². The van der Waals surface area contributed by atoms with Crippen molar-refractivity contribution < 1.29 is 9.18 Å². The average Bonchev–Trinajstić information content (AvgIpc) is 2.49. The lowest BCUT2D eigenvalue weighted by atomic mass is 9.87. The van der Waals surface area contributed by atoms with Gasteiger partial charge in [0.05, 0.1) is 17.2 Å². The zero-order chi connectivity index (χ0) is 16.1. The number of carbonyl (C=O) groups excluding carboxylic acids is 1. The van der Waals surface area contributed by atoms with E-state index in [4.69, 9.17) is 5.26 Å². The number of para-hydroxylation sites is 1. The summed E-state index contributed by atoms with van der Waals surface area (Å²) in [5, 5.41) is 11.9. The van der Waals surface area contributed by atoms with Crippen LogP contribution in [0.5, 0.6) is 0 Å². The third-order valence-corrected chi connectivity index (χ3v) is 3.48. The SMILES string of the molecule is CC(C)C(C(=O)Nc1ccccc1C#N)c1ccc(F)cc1. The Labute approximate surface area is 129 Å². The van der Waals surface area contributed by atoms with E-state index in [-0.39, 0.29) is 17.6 Å². The molecule has 4 heteroatoms. The first kappa shape index (κ1) is 15.7. The Bertz CT molecular complexity index is 702. The summed E-state index contributed by atoms with van der Waals surface area (Å²) in [4.78, 5) is 12.6. The molecule has 1 N–H and O–H groups in total. The fourth-order valence-electron chi connectivity index (χ4n) is 2.41. The van der Waals surface area contributed by atoms with Gasteiger partial charge < -0.3 is 5.32 Å². The molecule has 0 saturated carbocycles. The fourth-order valence-corrected chi connectivity index (χ4v) is 2.41. The summed E-state index contributed by atoms with van der Waals surface area (Å²) in [5.74, 6) is -0.905. The molecule has 1 unspecified atom stereocenters. The number of nitriles is 1. The van der Waals surface area contributed by atoms with Crippen molar-refractivity contribution in [2.45, 2.75) is 19.8 Å². The fraction of sp³-hybridized carbons (Fsp3) is 0.222. The Morgan fingerprint density at radius 3 is 2.36 bits per heavy atom. The maximum atomic E-state index is 13.1. The summed E-state index contributed by atoms with van der Waals surface area (Å²) in [6, 6.07) is 14.8. The quantitative estimate of drug-likeness (QED) is 0.924. The molecule has 0 bridgehead atoms. The topological polar surface area (TPSA) is 52.9 Å². The highest BCUT2D eigenvalue weighted by Gasteiger charge is 2.24. The van der Waals surface area contributed by atoms with Crippen LogP contribution < -0.4 is 5.32 Å². The molecular weight excluding hydrogens is 279 g/mol. The van der Waals surface area contributed by atoms with E-state index in [1.54, 1.807) is 36.4 Å². The van der Waals surface area contributed by atoms with Crippen LogP contribution in [0.15, 0.2) is 48.5 Å². The van der Waals surface area contributed by atoms with Gasteiger partial charge in [-0.25, -0.2) is 4.39 Å². The van der Waals surface area contributed by atoms with Crippen LogP contribution in [0.1, 0.15) is 30.9 Å². The Morgan fingerprint density at radius 2 is 1.77 bits per heavy atom. The zero-order valence-corrected chi connectivity index (χ0v) is 12.5. The van der Waals surface area contributed by atoms with Crippen molar-refractivity contribution in [1.82, 2.24) is 0 Å². The lowest BCUT2D eigenvalue weighted by molar-refractivity contribution is -0.118. The van der Waals surface area contributed by atoms with Gasteiger partial charge in [-0.2, -0.15) is 5.26 Å². The Hall–Kier alpha value is -2.67. The summed E-state index contributed by atoms with van der Waals surface area (Å²) >= 11 is 0. The number of carbonyl (C=O) groups is 1. The summed E-state index contributed by atoms with van der Waals surface area (Å²) in [6.45, 7) is 3.87. The van der Waals surface area contributed by atoms with Crippen molar-refractivity contribution in [2.24, 2.45) is 5.92 Å². The number of benzene rings is 2. The second kappa shape index (κ2) is 6.86. The second-order valence-corrected chi connectivity index (χ2v) is 5.42. The van der Waals surface area contributed by atoms with Crippen molar-refractivity contribution in [3.8, 4) is 6.07 Å². The normalized spacial score (nSPS) is 11.8. The molecule has 1 atom stereocenters. The number of hydrogen-bond donors (Lipinski definition) is 1. The van der Waals surface area contributed by atoms with Crippen LogP contribution in [-0.4, -0.2) is 5.91 Å². The van der Waals surface area contributed by atoms with E-state index in [1.807, 2.05) is 13.8 Å². The highest BCUT2D eigenvalue weighted by molar-refractivity contribution is 5.97. The number of amides is 1. The van der Waals surface area contributed by atoms with Gasteiger partial charge in [0, 0.05) is 0 Å². The Morgan fingerprint density at radius 1 is 1.14 bits per heavy atom. The highest BCUT2D eigenvalue weighted by atomic mass is 19.1. The minimum absolute atomic E-state index is 0.0414. The van der Waals surface area contributed by atoms with E-state index in [1.165, 1.54) is 12.1 Å². The first-order valence-electron chi connectivity index (χ1n) is 7.08. The van der Waals surface area contributed by atoms with E-state index in [0.29, 0.717) is 11.3 Å². The number of hydrogen-bond acceptors (Lipinski definition) is 2. The average molecular weight is 296 g/mol. The summed E-state index contributed by atoms with van der Waals surface area (Å²) < 4.78 is 13.1. The predicted molar refractivity (Wildman–Crippen MR) is 83.8 cm³/mol. The molecule has 0 fully saturated rings. The van der Waals surface area contributed by atoms with Crippen molar-refractivity contribution in [3.05, 3.63) is 65.5 Å². The number of halogens is 1. The largest absolute Gasteiger partial charge is 0.324 e. The maximum absolute atomic E-state index is 13.1. The molecule has 112 valence electrons. The van der Waals surface area contributed by atoms with E-state index in [2.05, 4.69) is 11.4 Å². The first-order valence-corrected chi connectivity index (χ1v) is 7.08. The van der Waals surface area contributed by atoms with Crippen LogP contribution in [-0.2, 0) is 4.79 Å².